The van der Waals surface area contributed by atoms with Crippen molar-refractivity contribution in [2.75, 3.05) is 0 Å². The first-order valence-electron chi connectivity index (χ1n) is 12.8. The van der Waals surface area contributed by atoms with Gasteiger partial charge in [-0.15, -0.1) is 0 Å². The second-order valence-electron chi connectivity index (χ2n) is 9.88. The Bertz CT molecular complexity index is 2000. The van der Waals surface area contributed by atoms with Crippen molar-refractivity contribution in [1.29, 1.82) is 0 Å². The van der Waals surface area contributed by atoms with Gasteiger partial charge in [0.1, 0.15) is 0 Å². The van der Waals surface area contributed by atoms with Crippen molar-refractivity contribution in [1.82, 2.24) is 0 Å². The maximum Gasteiger partial charge on any atom is 0.336 e. The van der Waals surface area contributed by atoms with Crippen molar-refractivity contribution >= 4 is 33.5 Å². The van der Waals surface area contributed by atoms with Gasteiger partial charge in [0.25, 0.3) is 0 Å². The van der Waals surface area contributed by atoms with Crippen LogP contribution in [0.3, 0.4) is 0 Å². The smallest absolute Gasteiger partial charge is 0.336 e. The lowest BCUT2D eigenvalue weighted by Gasteiger charge is -2.21. The molecule has 0 atom stereocenters. The Kier molecular flexibility index (Phi) is 5.10. The normalized spacial score (nSPS) is 11.9. The molecule has 0 saturated heterocycles. The van der Waals surface area contributed by atoms with Crippen LogP contribution >= 0.6 is 0 Å². The van der Waals surface area contributed by atoms with Crippen LogP contribution in [0.5, 0.6) is 0 Å². The zero-order valence-electron chi connectivity index (χ0n) is 20.8. The predicted molar refractivity (Wildman–Crippen MR) is 154 cm³/mol. The van der Waals surface area contributed by atoms with E-state index in [9.17, 15) is 19.8 Å². The highest BCUT2D eigenvalue weighted by Crippen LogP contribution is 2.50. The van der Waals surface area contributed by atoms with Gasteiger partial charge in [-0.05, 0) is 73.5 Å². The van der Waals surface area contributed by atoms with Crippen LogP contribution in [-0.4, -0.2) is 22.2 Å². The SMILES string of the molecule is O=C(O)c1ccc2ccccc2c1-c1ccc2c(c1-c1c(C(=O)O)ccc3ccccc13)Cc1ccccc1-2. The first kappa shape index (κ1) is 22.9. The lowest BCUT2D eigenvalue weighted by atomic mass is 9.81. The number of benzene rings is 6. The molecule has 39 heavy (non-hydrogen) atoms. The summed E-state index contributed by atoms with van der Waals surface area (Å²) in [6, 6.07) is 34.7. The fourth-order valence-electron chi connectivity index (χ4n) is 6.16. The zero-order valence-corrected chi connectivity index (χ0v) is 20.8. The van der Waals surface area contributed by atoms with Gasteiger partial charge in [0.05, 0.1) is 11.1 Å². The number of rotatable bonds is 4. The molecule has 0 saturated carbocycles. The van der Waals surface area contributed by atoms with E-state index in [1.54, 1.807) is 12.1 Å². The summed E-state index contributed by atoms with van der Waals surface area (Å²) in [5.74, 6) is -2.05. The van der Waals surface area contributed by atoms with Gasteiger partial charge in [-0.3, -0.25) is 0 Å². The molecular formula is C35H22O4. The highest BCUT2D eigenvalue weighted by Gasteiger charge is 2.29. The summed E-state index contributed by atoms with van der Waals surface area (Å²) in [6.45, 7) is 0. The molecule has 1 aliphatic rings. The lowest BCUT2D eigenvalue weighted by molar-refractivity contribution is 0.0687. The van der Waals surface area contributed by atoms with Crippen molar-refractivity contribution in [3.8, 4) is 33.4 Å². The van der Waals surface area contributed by atoms with Crippen molar-refractivity contribution in [2.24, 2.45) is 0 Å². The summed E-state index contributed by atoms with van der Waals surface area (Å²) in [4.78, 5) is 25.3. The lowest BCUT2D eigenvalue weighted by Crippen LogP contribution is -2.05. The van der Waals surface area contributed by atoms with Crippen LogP contribution in [0, 0.1) is 0 Å². The van der Waals surface area contributed by atoms with Gasteiger partial charge in [-0.1, -0.05) is 97.1 Å². The zero-order chi connectivity index (χ0) is 26.7. The highest BCUT2D eigenvalue weighted by atomic mass is 16.4. The van der Waals surface area contributed by atoms with Crippen LogP contribution in [0.2, 0.25) is 0 Å². The number of aromatic carboxylic acids is 2. The molecule has 0 aromatic heterocycles. The second-order valence-corrected chi connectivity index (χ2v) is 9.88. The number of hydrogen-bond donors (Lipinski definition) is 2. The summed E-state index contributed by atoms with van der Waals surface area (Å²) in [7, 11) is 0. The van der Waals surface area contributed by atoms with Crippen molar-refractivity contribution in [2.45, 2.75) is 6.42 Å². The average molecular weight is 507 g/mol. The van der Waals surface area contributed by atoms with E-state index in [0.717, 1.165) is 49.4 Å². The Morgan fingerprint density at radius 3 is 1.69 bits per heavy atom. The first-order valence-corrected chi connectivity index (χ1v) is 12.8. The van der Waals surface area contributed by atoms with E-state index in [1.165, 1.54) is 5.56 Å². The minimum atomic E-state index is -1.03. The Morgan fingerprint density at radius 1 is 0.487 bits per heavy atom. The van der Waals surface area contributed by atoms with E-state index in [2.05, 4.69) is 18.2 Å². The quantitative estimate of drug-likeness (QED) is 0.252. The Labute approximate surface area is 224 Å². The third kappa shape index (κ3) is 3.46. The van der Waals surface area contributed by atoms with E-state index in [0.29, 0.717) is 17.5 Å². The van der Waals surface area contributed by atoms with E-state index in [4.69, 9.17) is 0 Å². The van der Waals surface area contributed by atoms with Crippen LogP contribution < -0.4 is 0 Å². The summed E-state index contributed by atoms with van der Waals surface area (Å²) in [6.07, 6.45) is 0.629. The molecular weight excluding hydrogens is 484 g/mol. The van der Waals surface area contributed by atoms with E-state index in [1.807, 2.05) is 78.9 Å². The number of carboxylic acid groups (broad SMARTS) is 2. The standard InChI is InChI=1S/C35H22O4/c36-34(37)28-15-13-20-7-1-5-11-24(20)31(28)27-18-17-26-23-10-4-3-9-22(23)19-30(26)33(27)32-25-12-6-2-8-21(25)14-16-29(32)35(38)39/h1-18H,19H2,(H,36,37)(H,38,39). The Morgan fingerprint density at radius 2 is 1.03 bits per heavy atom. The monoisotopic (exact) mass is 506 g/mol. The largest absolute Gasteiger partial charge is 0.478 e. The molecule has 6 aromatic carbocycles. The van der Waals surface area contributed by atoms with Gasteiger partial charge in [0, 0.05) is 11.1 Å². The van der Waals surface area contributed by atoms with Gasteiger partial charge in [0.2, 0.25) is 0 Å². The number of hydrogen-bond acceptors (Lipinski definition) is 2. The third-order valence-corrected chi connectivity index (χ3v) is 7.83. The maximum atomic E-state index is 12.7. The minimum Gasteiger partial charge on any atom is -0.478 e. The minimum absolute atomic E-state index is 0.183. The topological polar surface area (TPSA) is 74.6 Å². The molecule has 0 fully saturated rings. The molecule has 0 aliphatic heterocycles. The molecule has 2 N–H and O–H groups in total. The van der Waals surface area contributed by atoms with E-state index < -0.39 is 11.9 Å². The number of fused-ring (bicyclic) bond motifs is 5. The molecule has 0 unspecified atom stereocenters. The van der Waals surface area contributed by atoms with E-state index >= 15 is 0 Å². The fourth-order valence-corrected chi connectivity index (χ4v) is 6.16. The highest BCUT2D eigenvalue weighted by molar-refractivity contribution is 6.16. The van der Waals surface area contributed by atoms with Crippen LogP contribution in [0.4, 0.5) is 0 Å². The van der Waals surface area contributed by atoms with Crippen LogP contribution in [-0.2, 0) is 6.42 Å². The third-order valence-electron chi connectivity index (χ3n) is 7.83. The Hall–Kier alpha value is -5.22. The molecule has 0 bridgehead atoms. The molecule has 0 amide bonds. The number of carbonyl (C=O) groups is 2. The summed E-state index contributed by atoms with van der Waals surface area (Å²) < 4.78 is 0. The fraction of sp³-hybridized carbons (Fsp3) is 0.0286. The molecule has 4 heteroatoms. The maximum absolute atomic E-state index is 12.7. The van der Waals surface area contributed by atoms with Crippen LogP contribution in [0.1, 0.15) is 31.8 Å². The summed E-state index contributed by atoms with van der Waals surface area (Å²) in [5.41, 5.74) is 7.42. The van der Waals surface area contributed by atoms with Gasteiger partial charge >= 0.3 is 11.9 Å². The molecule has 7 rings (SSSR count). The van der Waals surface area contributed by atoms with Crippen molar-refractivity contribution in [3.05, 3.63) is 131 Å². The van der Waals surface area contributed by atoms with Crippen LogP contribution in [0.15, 0.2) is 109 Å². The van der Waals surface area contributed by atoms with Gasteiger partial charge in [0.15, 0.2) is 0 Å². The van der Waals surface area contributed by atoms with Crippen molar-refractivity contribution in [3.63, 3.8) is 0 Å². The van der Waals surface area contributed by atoms with Gasteiger partial charge < -0.3 is 10.2 Å². The van der Waals surface area contributed by atoms with E-state index in [-0.39, 0.29) is 11.1 Å². The first-order chi connectivity index (χ1) is 19.0. The molecule has 0 heterocycles. The second kappa shape index (κ2) is 8.67. The van der Waals surface area contributed by atoms with Crippen LogP contribution in [0.25, 0.3) is 54.9 Å². The molecule has 0 spiro atoms. The molecule has 1 aliphatic carbocycles. The predicted octanol–water partition coefficient (Wildman–Crippen LogP) is 8.29. The molecule has 0 radical (unpaired) electrons. The van der Waals surface area contributed by atoms with Gasteiger partial charge in [-0.2, -0.15) is 0 Å². The molecule has 6 aromatic rings. The Balaban J connectivity index is 1.70. The van der Waals surface area contributed by atoms with Gasteiger partial charge in [-0.25, -0.2) is 9.59 Å². The molecule has 4 nitrogen and oxygen atoms in total. The summed E-state index contributed by atoms with van der Waals surface area (Å²) >= 11 is 0. The summed E-state index contributed by atoms with van der Waals surface area (Å²) in [5, 5.41) is 24.2. The average Bonchev–Trinajstić information content (AvgIpc) is 3.34. The molecule has 186 valence electrons. The van der Waals surface area contributed by atoms with Crippen molar-refractivity contribution < 1.29 is 19.8 Å². The number of carboxylic acids is 2.